The molecule has 3 heteroatoms. The Kier molecular flexibility index (Phi) is 4.12. The number of nitrogens with one attached hydrogen (secondary N) is 1. The number of nitrogens with zero attached hydrogens (tertiary/aromatic N) is 1. The van der Waals surface area contributed by atoms with E-state index in [2.05, 4.69) is 63.0 Å². The summed E-state index contributed by atoms with van der Waals surface area (Å²) < 4.78 is 6.16. The van der Waals surface area contributed by atoms with Crippen LogP contribution in [0.25, 0.3) is 0 Å². The lowest BCUT2D eigenvalue weighted by atomic mass is 9.97. The van der Waals surface area contributed by atoms with Crippen molar-refractivity contribution in [3.05, 3.63) is 29.3 Å². The molecule has 3 nitrogen and oxygen atoms in total. The summed E-state index contributed by atoms with van der Waals surface area (Å²) in [6.45, 7) is 13.7. The van der Waals surface area contributed by atoms with E-state index in [1.807, 2.05) is 7.05 Å². The molecule has 1 saturated heterocycles. The van der Waals surface area contributed by atoms with Crippen LogP contribution in [-0.4, -0.2) is 31.3 Å². The third-order valence-electron chi connectivity index (χ3n) is 3.68. The minimum absolute atomic E-state index is 0.113. The molecule has 0 bridgehead atoms. The topological polar surface area (TPSA) is 24.5 Å². The normalized spacial score (nSPS) is 21.0. The van der Waals surface area contributed by atoms with Gasteiger partial charge in [0.15, 0.2) is 0 Å². The zero-order valence-corrected chi connectivity index (χ0v) is 13.7. The van der Waals surface area contributed by atoms with Crippen molar-refractivity contribution >= 4 is 5.69 Å². The number of hydrogen-bond donors (Lipinski definition) is 1. The molecule has 0 unspecified atom stereocenters. The van der Waals surface area contributed by atoms with E-state index in [1.54, 1.807) is 0 Å². The first kappa shape index (κ1) is 15.3. The van der Waals surface area contributed by atoms with Gasteiger partial charge in [-0.2, -0.15) is 0 Å². The summed E-state index contributed by atoms with van der Waals surface area (Å²) in [4.78, 5) is 2.46. The molecule has 0 spiro atoms. The van der Waals surface area contributed by atoms with Crippen molar-refractivity contribution in [1.29, 1.82) is 0 Å². The Morgan fingerprint density at radius 3 is 2.25 bits per heavy atom. The summed E-state index contributed by atoms with van der Waals surface area (Å²) >= 11 is 0. The SMILES string of the molecule is CNCc1ccc(N2CC(C)(C)OC(C)(C)C2)c(C)c1. The van der Waals surface area contributed by atoms with Crippen molar-refractivity contribution in [1.82, 2.24) is 5.32 Å². The van der Waals surface area contributed by atoms with Crippen LogP contribution in [0.2, 0.25) is 0 Å². The van der Waals surface area contributed by atoms with Crippen molar-refractivity contribution < 1.29 is 4.74 Å². The third kappa shape index (κ3) is 3.53. The molecular formula is C17H28N2O. The second-order valence-electron chi connectivity index (χ2n) is 7.13. The van der Waals surface area contributed by atoms with Crippen LogP contribution in [0, 0.1) is 6.92 Å². The van der Waals surface area contributed by atoms with Crippen LogP contribution in [-0.2, 0) is 11.3 Å². The molecule has 0 saturated carbocycles. The fraction of sp³-hybridized carbons (Fsp3) is 0.647. The average Bonchev–Trinajstić information content (AvgIpc) is 2.25. The average molecular weight is 276 g/mol. The van der Waals surface area contributed by atoms with E-state index in [4.69, 9.17) is 4.74 Å². The van der Waals surface area contributed by atoms with Crippen LogP contribution < -0.4 is 10.2 Å². The van der Waals surface area contributed by atoms with Crippen molar-refractivity contribution in [3.63, 3.8) is 0 Å². The Hall–Kier alpha value is -1.06. The third-order valence-corrected chi connectivity index (χ3v) is 3.68. The fourth-order valence-corrected chi connectivity index (χ4v) is 3.34. The molecule has 1 aliphatic rings. The van der Waals surface area contributed by atoms with Gasteiger partial charge in [0.25, 0.3) is 0 Å². The predicted molar refractivity (Wildman–Crippen MR) is 85.4 cm³/mol. The van der Waals surface area contributed by atoms with E-state index in [-0.39, 0.29) is 11.2 Å². The summed E-state index contributed by atoms with van der Waals surface area (Å²) in [6, 6.07) is 6.75. The first-order valence-electron chi connectivity index (χ1n) is 7.42. The summed E-state index contributed by atoms with van der Waals surface area (Å²) in [7, 11) is 1.98. The van der Waals surface area contributed by atoms with Crippen molar-refractivity contribution in [2.45, 2.75) is 52.4 Å². The summed E-state index contributed by atoms with van der Waals surface area (Å²) in [6.07, 6.45) is 0. The standard InChI is InChI=1S/C17H28N2O/c1-13-9-14(10-18-6)7-8-15(13)19-11-16(2,3)20-17(4,5)12-19/h7-9,18H,10-12H2,1-6H3. The van der Waals surface area contributed by atoms with Crippen molar-refractivity contribution in [2.75, 3.05) is 25.0 Å². The summed E-state index contributed by atoms with van der Waals surface area (Å²) in [5.74, 6) is 0. The van der Waals surface area contributed by atoms with Crippen LogP contribution in [0.3, 0.4) is 0 Å². The van der Waals surface area contributed by atoms with Gasteiger partial charge in [-0.25, -0.2) is 0 Å². The van der Waals surface area contributed by atoms with Gasteiger partial charge in [-0.05, 0) is 58.9 Å². The number of anilines is 1. The maximum absolute atomic E-state index is 6.16. The lowest BCUT2D eigenvalue weighted by molar-refractivity contribution is -0.133. The van der Waals surface area contributed by atoms with E-state index in [0.717, 1.165) is 19.6 Å². The van der Waals surface area contributed by atoms with Gasteiger partial charge in [0.05, 0.1) is 11.2 Å². The Balaban J connectivity index is 2.26. The van der Waals surface area contributed by atoms with Gasteiger partial charge in [0, 0.05) is 25.3 Å². The van der Waals surface area contributed by atoms with E-state index in [1.165, 1.54) is 16.8 Å². The van der Waals surface area contributed by atoms with Gasteiger partial charge < -0.3 is 15.0 Å². The smallest absolute Gasteiger partial charge is 0.0808 e. The number of rotatable bonds is 3. The van der Waals surface area contributed by atoms with E-state index in [9.17, 15) is 0 Å². The van der Waals surface area contributed by atoms with Gasteiger partial charge in [-0.15, -0.1) is 0 Å². The number of benzene rings is 1. The second kappa shape index (κ2) is 5.38. The van der Waals surface area contributed by atoms with Gasteiger partial charge >= 0.3 is 0 Å². The monoisotopic (exact) mass is 276 g/mol. The van der Waals surface area contributed by atoms with Crippen LogP contribution in [0.4, 0.5) is 5.69 Å². The van der Waals surface area contributed by atoms with Crippen LogP contribution in [0.5, 0.6) is 0 Å². The van der Waals surface area contributed by atoms with Crippen LogP contribution >= 0.6 is 0 Å². The molecule has 0 amide bonds. The first-order valence-corrected chi connectivity index (χ1v) is 7.42. The highest BCUT2D eigenvalue weighted by atomic mass is 16.5. The molecule has 1 heterocycles. The fourth-order valence-electron chi connectivity index (χ4n) is 3.34. The maximum Gasteiger partial charge on any atom is 0.0808 e. The highest BCUT2D eigenvalue weighted by Gasteiger charge is 2.38. The molecule has 0 radical (unpaired) electrons. The molecule has 0 aliphatic carbocycles. The number of hydrogen-bond acceptors (Lipinski definition) is 3. The van der Waals surface area contributed by atoms with Gasteiger partial charge in [-0.3, -0.25) is 0 Å². The van der Waals surface area contributed by atoms with E-state index >= 15 is 0 Å². The maximum atomic E-state index is 6.16. The Bertz CT molecular complexity index is 464. The molecule has 0 aromatic heterocycles. The predicted octanol–water partition coefficient (Wildman–Crippen LogP) is 3.11. The molecule has 20 heavy (non-hydrogen) atoms. The van der Waals surface area contributed by atoms with Gasteiger partial charge in [-0.1, -0.05) is 12.1 Å². The molecule has 1 aromatic carbocycles. The Morgan fingerprint density at radius 1 is 1.15 bits per heavy atom. The van der Waals surface area contributed by atoms with Crippen molar-refractivity contribution in [2.24, 2.45) is 0 Å². The number of ether oxygens (including phenoxy) is 1. The molecule has 0 atom stereocenters. The van der Waals surface area contributed by atoms with Crippen molar-refractivity contribution in [3.8, 4) is 0 Å². The van der Waals surface area contributed by atoms with E-state index < -0.39 is 0 Å². The number of morpholine rings is 1. The molecule has 1 aromatic rings. The minimum atomic E-state index is -0.113. The molecule has 1 fully saturated rings. The Labute approximate surface area is 123 Å². The summed E-state index contributed by atoms with van der Waals surface area (Å²) in [5.41, 5.74) is 3.77. The molecule has 112 valence electrons. The second-order valence-corrected chi connectivity index (χ2v) is 7.13. The van der Waals surface area contributed by atoms with E-state index in [0.29, 0.717) is 0 Å². The summed E-state index contributed by atoms with van der Waals surface area (Å²) in [5, 5.41) is 3.20. The quantitative estimate of drug-likeness (QED) is 0.918. The highest BCUT2D eigenvalue weighted by Crippen LogP contribution is 2.33. The number of aryl methyl sites for hydroxylation is 1. The molecular weight excluding hydrogens is 248 g/mol. The lowest BCUT2D eigenvalue weighted by Gasteiger charge is -2.48. The lowest BCUT2D eigenvalue weighted by Crippen LogP contribution is -2.57. The molecule has 2 rings (SSSR count). The molecule has 1 aliphatic heterocycles. The minimum Gasteiger partial charge on any atom is -0.366 e. The van der Waals surface area contributed by atoms with Crippen LogP contribution in [0.15, 0.2) is 18.2 Å². The largest absolute Gasteiger partial charge is 0.366 e. The van der Waals surface area contributed by atoms with Gasteiger partial charge in [0.2, 0.25) is 0 Å². The zero-order valence-electron chi connectivity index (χ0n) is 13.7. The first-order chi connectivity index (χ1) is 9.22. The van der Waals surface area contributed by atoms with Crippen LogP contribution in [0.1, 0.15) is 38.8 Å². The van der Waals surface area contributed by atoms with Gasteiger partial charge in [0.1, 0.15) is 0 Å². The molecule has 1 N–H and O–H groups in total. The zero-order chi connectivity index (χ0) is 15.0. The Morgan fingerprint density at radius 2 is 1.75 bits per heavy atom. The highest BCUT2D eigenvalue weighted by molar-refractivity contribution is 5.55.